The van der Waals surface area contributed by atoms with E-state index >= 15 is 0 Å². The van der Waals surface area contributed by atoms with Crippen LogP contribution in [0.1, 0.15) is 34.6 Å². The summed E-state index contributed by atoms with van der Waals surface area (Å²) in [6, 6.07) is -1.78. The lowest BCUT2D eigenvalue weighted by molar-refractivity contribution is -0.145. The van der Waals surface area contributed by atoms with E-state index in [1.165, 1.54) is 13.8 Å². The first-order valence-electron chi connectivity index (χ1n) is 6.52. The van der Waals surface area contributed by atoms with Crippen LogP contribution in [0.25, 0.3) is 0 Å². The highest BCUT2D eigenvalue weighted by molar-refractivity contribution is 6.08. The maximum atomic E-state index is 11.9. The number of carbonyl (C=O) groups excluding carboxylic acids is 3. The van der Waals surface area contributed by atoms with Gasteiger partial charge in [-0.05, 0) is 19.3 Å². The highest BCUT2D eigenvalue weighted by Crippen LogP contribution is 2.20. The average molecular weight is 299 g/mol. The SMILES string of the molecule is CC1(C)NC(=O)N(CC(=O)N[C@H](C(=O)O)C(C)(C)C)C1=O. The molecule has 21 heavy (non-hydrogen) atoms. The Morgan fingerprint density at radius 3 is 2.19 bits per heavy atom. The third-order valence-electron chi connectivity index (χ3n) is 3.16. The van der Waals surface area contributed by atoms with Crippen molar-refractivity contribution in [2.45, 2.75) is 46.2 Å². The number of nitrogens with one attached hydrogen (secondary N) is 2. The number of aliphatic carboxylic acids is 1. The number of rotatable bonds is 4. The number of carboxylic acids is 1. The van der Waals surface area contributed by atoms with Gasteiger partial charge in [-0.2, -0.15) is 0 Å². The van der Waals surface area contributed by atoms with E-state index in [-0.39, 0.29) is 0 Å². The number of imide groups is 1. The molecule has 0 spiro atoms. The van der Waals surface area contributed by atoms with Gasteiger partial charge in [0.05, 0.1) is 0 Å². The topological polar surface area (TPSA) is 116 Å². The van der Waals surface area contributed by atoms with Gasteiger partial charge in [-0.3, -0.25) is 14.5 Å². The number of nitrogens with zero attached hydrogens (tertiary/aromatic N) is 1. The summed E-state index contributed by atoms with van der Waals surface area (Å²) in [6.45, 7) is 7.56. The van der Waals surface area contributed by atoms with Crippen LogP contribution >= 0.6 is 0 Å². The molecule has 0 aromatic carbocycles. The maximum absolute atomic E-state index is 11.9. The van der Waals surface area contributed by atoms with E-state index in [1.807, 2.05) is 0 Å². The van der Waals surface area contributed by atoms with Crippen molar-refractivity contribution in [1.29, 1.82) is 0 Å². The summed E-state index contributed by atoms with van der Waals surface area (Å²) in [5.41, 5.74) is -1.76. The first-order chi connectivity index (χ1) is 9.36. The second kappa shape index (κ2) is 5.34. The van der Waals surface area contributed by atoms with Gasteiger partial charge >= 0.3 is 12.0 Å². The summed E-state index contributed by atoms with van der Waals surface area (Å²) in [7, 11) is 0. The Morgan fingerprint density at radius 2 is 1.86 bits per heavy atom. The van der Waals surface area contributed by atoms with Gasteiger partial charge in [-0.15, -0.1) is 0 Å². The van der Waals surface area contributed by atoms with Crippen LogP contribution in [0.15, 0.2) is 0 Å². The molecular formula is C13H21N3O5. The molecule has 1 aliphatic heterocycles. The van der Waals surface area contributed by atoms with Gasteiger partial charge in [0.25, 0.3) is 5.91 Å². The van der Waals surface area contributed by atoms with E-state index in [4.69, 9.17) is 5.11 Å². The first kappa shape index (κ1) is 16.9. The second-order valence-corrected chi connectivity index (χ2v) is 6.65. The Morgan fingerprint density at radius 1 is 1.33 bits per heavy atom. The molecule has 0 bridgehead atoms. The fourth-order valence-corrected chi connectivity index (χ4v) is 1.96. The summed E-state index contributed by atoms with van der Waals surface area (Å²) < 4.78 is 0. The third-order valence-corrected chi connectivity index (χ3v) is 3.16. The lowest BCUT2D eigenvalue weighted by Gasteiger charge is -2.28. The summed E-state index contributed by atoms with van der Waals surface area (Å²) in [5, 5.41) is 13.9. The van der Waals surface area contributed by atoms with Crippen molar-refractivity contribution >= 4 is 23.8 Å². The third kappa shape index (κ3) is 3.71. The average Bonchev–Trinajstić information content (AvgIpc) is 2.46. The summed E-state index contributed by atoms with van der Waals surface area (Å²) in [6.07, 6.45) is 0. The fourth-order valence-electron chi connectivity index (χ4n) is 1.96. The minimum atomic E-state index is -1.17. The molecule has 118 valence electrons. The van der Waals surface area contributed by atoms with Crippen LogP contribution in [0, 0.1) is 5.41 Å². The number of amides is 4. The molecule has 4 amide bonds. The number of carboxylic acid groups (broad SMARTS) is 1. The highest BCUT2D eigenvalue weighted by atomic mass is 16.4. The van der Waals surface area contributed by atoms with Crippen LogP contribution in [-0.4, -0.2) is 51.9 Å². The van der Waals surface area contributed by atoms with Gasteiger partial charge in [-0.25, -0.2) is 9.59 Å². The van der Waals surface area contributed by atoms with Crippen LogP contribution in [0.4, 0.5) is 4.79 Å². The van der Waals surface area contributed by atoms with Crippen molar-refractivity contribution in [3.05, 3.63) is 0 Å². The predicted molar refractivity (Wildman–Crippen MR) is 73.3 cm³/mol. The normalized spacial score (nSPS) is 19.2. The molecule has 1 aliphatic rings. The molecule has 1 atom stereocenters. The lowest BCUT2D eigenvalue weighted by atomic mass is 9.87. The van der Waals surface area contributed by atoms with Gasteiger partial charge in [0.1, 0.15) is 18.1 Å². The largest absolute Gasteiger partial charge is 0.480 e. The van der Waals surface area contributed by atoms with Gasteiger partial charge < -0.3 is 15.7 Å². The monoisotopic (exact) mass is 299 g/mol. The fraction of sp³-hybridized carbons (Fsp3) is 0.692. The van der Waals surface area contributed by atoms with Gasteiger partial charge in [0, 0.05) is 0 Å². The van der Waals surface area contributed by atoms with E-state index < -0.39 is 47.4 Å². The standard InChI is InChI=1S/C13H21N3O5/c1-12(2,3)8(9(18)19)14-7(17)6-16-10(20)13(4,5)15-11(16)21/h8H,6H2,1-5H3,(H,14,17)(H,15,21)(H,18,19)/t8-/m1/s1. The molecule has 1 heterocycles. The Bertz CT molecular complexity index is 493. The maximum Gasteiger partial charge on any atom is 0.326 e. The molecule has 1 rings (SSSR count). The van der Waals surface area contributed by atoms with Gasteiger partial charge in [-0.1, -0.05) is 20.8 Å². The van der Waals surface area contributed by atoms with Crippen LogP contribution in [0.3, 0.4) is 0 Å². The van der Waals surface area contributed by atoms with Crippen molar-refractivity contribution < 1.29 is 24.3 Å². The molecule has 1 saturated heterocycles. The van der Waals surface area contributed by atoms with E-state index in [9.17, 15) is 19.2 Å². The Kier molecular flexibility index (Phi) is 4.31. The minimum Gasteiger partial charge on any atom is -0.480 e. The van der Waals surface area contributed by atoms with Gasteiger partial charge in [0.15, 0.2) is 0 Å². The molecule has 0 unspecified atom stereocenters. The predicted octanol–water partition coefficient (Wildman–Crippen LogP) is -0.0677. The molecule has 0 aliphatic carbocycles. The van der Waals surface area contributed by atoms with Crippen LogP contribution in [0.5, 0.6) is 0 Å². The molecule has 1 fully saturated rings. The van der Waals surface area contributed by atoms with Gasteiger partial charge in [0.2, 0.25) is 5.91 Å². The molecule has 0 aromatic heterocycles. The zero-order valence-electron chi connectivity index (χ0n) is 12.8. The zero-order valence-corrected chi connectivity index (χ0v) is 12.8. The number of hydrogen-bond donors (Lipinski definition) is 3. The minimum absolute atomic E-state index is 0.506. The molecule has 8 nitrogen and oxygen atoms in total. The van der Waals surface area contributed by atoms with E-state index in [0.717, 1.165) is 4.90 Å². The smallest absolute Gasteiger partial charge is 0.326 e. The zero-order chi connectivity index (χ0) is 16.6. The van der Waals surface area contributed by atoms with Crippen molar-refractivity contribution in [1.82, 2.24) is 15.5 Å². The Hall–Kier alpha value is -2.12. The van der Waals surface area contributed by atoms with E-state index in [0.29, 0.717) is 0 Å². The molecule has 8 heteroatoms. The lowest BCUT2D eigenvalue weighted by Crippen LogP contribution is -2.52. The molecular weight excluding hydrogens is 278 g/mol. The van der Waals surface area contributed by atoms with Crippen LogP contribution in [-0.2, 0) is 14.4 Å². The Balaban J connectivity index is 2.76. The first-order valence-corrected chi connectivity index (χ1v) is 6.52. The van der Waals surface area contributed by atoms with Crippen molar-refractivity contribution in [2.24, 2.45) is 5.41 Å². The summed E-state index contributed by atoms with van der Waals surface area (Å²) in [5.74, 6) is -2.39. The molecule has 0 saturated carbocycles. The molecule has 3 N–H and O–H groups in total. The quantitative estimate of drug-likeness (QED) is 0.629. The molecule has 0 aromatic rings. The van der Waals surface area contributed by atoms with Crippen LogP contribution in [0.2, 0.25) is 0 Å². The van der Waals surface area contributed by atoms with Crippen molar-refractivity contribution in [3.63, 3.8) is 0 Å². The number of carbonyl (C=O) groups is 4. The van der Waals surface area contributed by atoms with E-state index in [1.54, 1.807) is 20.8 Å². The number of urea groups is 1. The number of hydrogen-bond acceptors (Lipinski definition) is 4. The second-order valence-electron chi connectivity index (χ2n) is 6.65. The van der Waals surface area contributed by atoms with Crippen molar-refractivity contribution in [3.8, 4) is 0 Å². The van der Waals surface area contributed by atoms with Crippen LogP contribution < -0.4 is 10.6 Å². The highest BCUT2D eigenvalue weighted by Gasteiger charge is 2.45. The Labute approximate surface area is 122 Å². The van der Waals surface area contributed by atoms with Crippen molar-refractivity contribution in [2.75, 3.05) is 6.54 Å². The summed E-state index contributed by atoms with van der Waals surface area (Å²) >= 11 is 0. The summed E-state index contributed by atoms with van der Waals surface area (Å²) in [4.78, 5) is 47.5. The van der Waals surface area contributed by atoms with E-state index in [2.05, 4.69) is 10.6 Å². The molecule has 0 radical (unpaired) electrons.